The SMILES string of the molecule is COc1cc([C@@H]2c3cc4c(cc3[C@@H](O)[C@@H]3COC(=O)[C@H]23)OCO4)cc(OC)c1O. The summed E-state index contributed by atoms with van der Waals surface area (Å²) in [6.45, 7) is 0.246. The maximum absolute atomic E-state index is 12.7. The Morgan fingerprint density at radius 2 is 1.59 bits per heavy atom. The van der Waals surface area contributed by atoms with E-state index in [4.69, 9.17) is 23.7 Å². The lowest BCUT2D eigenvalue weighted by atomic mass is 9.66. The summed E-state index contributed by atoms with van der Waals surface area (Å²) in [5.74, 6) is -0.324. The van der Waals surface area contributed by atoms with Crippen molar-refractivity contribution in [2.75, 3.05) is 27.6 Å². The molecule has 5 rings (SSSR count). The molecule has 0 saturated carbocycles. The summed E-state index contributed by atoms with van der Waals surface area (Å²) in [5.41, 5.74) is 2.12. The molecule has 0 aromatic heterocycles. The number of methoxy groups -OCH3 is 2. The Bertz CT molecular complexity index is 975. The fraction of sp³-hybridized carbons (Fsp3) is 0.381. The molecule has 29 heavy (non-hydrogen) atoms. The molecule has 0 bridgehead atoms. The molecule has 1 fully saturated rings. The third-order valence-electron chi connectivity index (χ3n) is 6.01. The quantitative estimate of drug-likeness (QED) is 0.755. The van der Waals surface area contributed by atoms with Crippen molar-refractivity contribution in [1.29, 1.82) is 0 Å². The Morgan fingerprint density at radius 3 is 2.21 bits per heavy atom. The second kappa shape index (κ2) is 6.45. The van der Waals surface area contributed by atoms with Crippen molar-refractivity contribution < 1.29 is 38.7 Å². The van der Waals surface area contributed by atoms with E-state index in [0.29, 0.717) is 22.6 Å². The highest BCUT2D eigenvalue weighted by Crippen LogP contribution is 2.55. The van der Waals surface area contributed by atoms with Crippen LogP contribution in [0, 0.1) is 11.8 Å². The molecule has 8 heteroatoms. The van der Waals surface area contributed by atoms with Crippen LogP contribution >= 0.6 is 0 Å². The average Bonchev–Trinajstić information content (AvgIpc) is 3.34. The van der Waals surface area contributed by atoms with E-state index in [1.165, 1.54) is 14.2 Å². The van der Waals surface area contributed by atoms with Crippen LogP contribution in [-0.2, 0) is 9.53 Å². The number of aromatic hydroxyl groups is 1. The largest absolute Gasteiger partial charge is 0.502 e. The van der Waals surface area contributed by atoms with E-state index in [1.54, 1.807) is 24.3 Å². The summed E-state index contributed by atoms with van der Waals surface area (Å²) in [4.78, 5) is 12.7. The molecule has 0 spiro atoms. The predicted octanol–water partition coefficient (Wildman–Crippen LogP) is 2.11. The molecule has 1 saturated heterocycles. The Balaban J connectivity index is 1.75. The number of aliphatic hydroxyl groups excluding tert-OH is 1. The van der Waals surface area contributed by atoms with Gasteiger partial charge in [-0.15, -0.1) is 0 Å². The number of carbonyl (C=O) groups excluding carboxylic acids is 1. The molecule has 2 heterocycles. The van der Waals surface area contributed by atoms with Crippen molar-refractivity contribution in [2.45, 2.75) is 12.0 Å². The number of phenolic OH excluding ortho intramolecular Hbond substituents is 1. The molecule has 2 aromatic carbocycles. The molecule has 4 atom stereocenters. The fourth-order valence-corrected chi connectivity index (χ4v) is 4.63. The van der Waals surface area contributed by atoms with E-state index in [9.17, 15) is 15.0 Å². The van der Waals surface area contributed by atoms with Crippen LogP contribution in [0.5, 0.6) is 28.7 Å². The summed E-state index contributed by atoms with van der Waals surface area (Å²) in [6, 6.07) is 6.93. The molecule has 2 N–H and O–H groups in total. The second-order valence-corrected chi connectivity index (χ2v) is 7.35. The normalized spacial score (nSPS) is 26.5. The van der Waals surface area contributed by atoms with E-state index in [0.717, 1.165) is 5.56 Å². The minimum atomic E-state index is -0.867. The van der Waals surface area contributed by atoms with Crippen LogP contribution in [0.2, 0.25) is 0 Å². The van der Waals surface area contributed by atoms with Gasteiger partial charge < -0.3 is 33.9 Å². The number of fused-ring (bicyclic) bond motifs is 3. The number of benzene rings is 2. The molecule has 152 valence electrons. The van der Waals surface area contributed by atoms with E-state index < -0.39 is 23.9 Å². The van der Waals surface area contributed by atoms with Gasteiger partial charge in [-0.3, -0.25) is 4.79 Å². The van der Waals surface area contributed by atoms with Crippen LogP contribution in [-0.4, -0.2) is 43.8 Å². The van der Waals surface area contributed by atoms with E-state index in [1.807, 2.05) is 0 Å². The van der Waals surface area contributed by atoms with Gasteiger partial charge in [0.1, 0.15) is 0 Å². The second-order valence-electron chi connectivity index (χ2n) is 7.35. The Morgan fingerprint density at radius 1 is 0.966 bits per heavy atom. The van der Waals surface area contributed by atoms with Crippen molar-refractivity contribution in [2.24, 2.45) is 11.8 Å². The van der Waals surface area contributed by atoms with Crippen LogP contribution < -0.4 is 18.9 Å². The maximum Gasteiger partial charge on any atom is 0.310 e. The summed E-state index contributed by atoms with van der Waals surface area (Å²) in [5, 5.41) is 21.3. The minimum absolute atomic E-state index is 0.106. The van der Waals surface area contributed by atoms with Gasteiger partial charge in [0.2, 0.25) is 12.5 Å². The molecule has 0 amide bonds. The van der Waals surface area contributed by atoms with Gasteiger partial charge in [0.15, 0.2) is 23.0 Å². The summed E-state index contributed by atoms with van der Waals surface area (Å²) < 4.78 is 26.9. The topological polar surface area (TPSA) is 104 Å². The maximum atomic E-state index is 12.7. The van der Waals surface area contributed by atoms with Gasteiger partial charge in [-0.1, -0.05) is 0 Å². The summed E-state index contributed by atoms with van der Waals surface area (Å²) >= 11 is 0. The zero-order valence-electron chi connectivity index (χ0n) is 15.9. The fourth-order valence-electron chi connectivity index (χ4n) is 4.63. The first-order valence-electron chi connectivity index (χ1n) is 9.26. The molecule has 8 nitrogen and oxygen atoms in total. The average molecular weight is 400 g/mol. The number of carbonyl (C=O) groups is 1. The Labute approximate surface area is 166 Å². The van der Waals surface area contributed by atoms with Gasteiger partial charge >= 0.3 is 5.97 Å². The number of ether oxygens (including phenoxy) is 5. The highest BCUT2D eigenvalue weighted by molar-refractivity contribution is 5.79. The van der Waals surface area contributed by atoms with Gasteiger partial charge in [-0.05, 0) is 41.0 Å². The monoisotopic (exact) mass is 400 g/mol. The number of aliphatic hydroxyl groups is 1. The number of esters is 1. The lowest BCUT2D eigenvalue weighted by Crippen LogP contribution is -2.34. The lowest BCUT2D eigenvalue weighted by Gasteiger charge is -2.37. The van der Waals surface area contributed by atoms with Crippen LogP contribution in [0.3, 0.4) is 0 Å². The molecule has 3 aliphatic rings. The smallest absolute Gasteiger partial charge is 0.310 e. The van der Waals surface area contributed by atoms with Crippen LogP contribution in [0.15, 0.2) is 24.3 Å². The van der Waals surface area contributed by atoms with E-state index in [2.05, 4.69) is 0 Å². The molecular formula is C21H20O8. The highest BCUT2D eigenvalue weighted by atomic mass is 16.7. The number of hydrogen-bond acceptors (Lipinski definition) is 8. The van der Waals surface area contributed by atoms with Crippen LogP contribution in [0.1, 0.15) is 28.7 Å². The summed E-state index contributed by atoms with van der Waals surface area (Å²) in [7, 11) is 2.89. The third kappa shape index (κ3) is 2.52. The number of cyclic esters (lactones) is 1. The highest BCUT2D eigenvalue weighted by Gasteiger charge is 2.52. The predicted molar refractivity (Wildman–Crippen MR) is 98.5 cm³/mol. The number of hydrogen-bond donors (Lipinski definition) is 2. The Hall–Kier alpha value is -3.13. The molecular weight excluding hydrogens is 380 g/mol. The van der Waals surface area contributed by atoms with Crippen molar-refractivity contribution in [3.63, 3.8) is 0 Å². The van der Waals surface area contributed by atoms with Crippen LogP contribution in [0.4, 0.5) is 0 Å². The lowest BCUT2D eigenvalue weighted by molar-refractivity contribution is -0.141. The third-order valence-corrected chi connectivity index (χ3v) is 6.01. The first-order chi connectivity index (χ1) is 14.0. The molecule has 2 aliphatic heterocycles. The Kier molecular flexibility index (Phi) is 3.99. The van der Waals surface area contributed by atoms with Crippen molar-refractivity contribution in [3.05, 3.63) is 41.0 Å². The van der Waals surface area contributed by atoms with Gasteiger partial charge in [0.05, 0.1) is 32.8 Å². The van der Waals surface area contributed by atoms with E-state index in [-0.39, 0.29) is 36.6 Å². The van der Waals surface area contributed by atoms with Crippen molar-refractivity contribution in [3.8, 4) is 28.7 Å². The van der Waals surface area contributed by atoms with Gasteiger partial charge in [-0.2, -0.15) is 0 Å². The molecule has 2 aromatic rings. The van der Waals surface area contributed by atoms with Gasteiger partial charge in [-0.25, -0.2) is 0 Å². The van der Waals surface area contributed by atoms with Crippen molar-refractivity contribution >= 4 is 5.97 Å². The zero-order chi connectivity index (χ0) is 20.3. The van der Waals surface area contributed by atoms with Gasteiger partial charge in [0, 0.05) is 11.8 Å². The molecule has 0 unspecified atom stereocenters. The first-order valence-corrected chi connectivity index (χ1v) is 9.26. The number of rotatable bonds is 3. The zero-order valence-corrected chi connectivity index (χ0v) is 15.9. The number of phenols is 1. The van der Waals surface area contributed by atoms with Gasteiger partial charge in [0.25, 0.3) is 0 Å². The summed E-state index contributed by atoms with van der Waals surface area (Å²) in [6.07, 6.45) is -0.867. The molecule has 0 radical (unpaired) electrons. The minimum Gasteiger partial charge on any atom is -0.502 e. The molecule has 1 aliphatic carbocycles. The van der Waals surface area contributed by atoms with E-state index >= 15 is 0 Å². The first kappa shape index (κ1) is 17.9. The van der Waals surface area contributed by atoms with Crippen molar-refractivity contribution in [1.82, 2.24) is 0 Å². The van der Waals surface area contributed by atoms with Crippen LogP contribution in [0.25, 0.3) is 0 Å². The standard InChI is InChI=1S/C21H20O8/c1-25-15-3-9(4-16(26-2)20(15)23)17-10-5-13-14(29-8-28-13)6-11(10)19(22)12-7-27-21(24)18(12)17/h3-6,12,17-19,22-23H,7-8H2,1-2H3/t12-,17-,18+,19-/m1/s1.